The molecule has 2 aromatic carbocycles. The van der Waals surface area contributed by atoms with Crippen LogP contribution in [0, 0.1) is 0 Å². The van der Waals surface area contributed by atoms with Crippen LogP contribution in [0.4, 0.5) is 0 Å². The first-order valence-corrected chi connectivity index (χ1v) is 9.55. The van der Waals surface area contributed by atoms with Gasteiger partial charge in [-0.05, 0) is 37.1 Å². The molecule has 130 valence electrons. The van der Waals surface area contributed by atoms with Gasteiger partial charge in [-0.2, -0.15) is 0 Å². The largest absolute Gasteiger partial charge is 0.488 e. The molecule has 0 amide bonds. The van der Waals surface area contributed by atoms with E-state index >= 15 is 0 Å². The van der Waals surface area contributed by atoms with E-state index in [1.54, 1.807) is 24.3 Å². The molecule has 0 spiro atoms. The lowest BCUT2D eigenvalue weighted by Gasteiger charge is -2.16. The Morgan fingerprint density at radius 3 is 2.38 bits per heavy atom. The summed E-state index contributed by atoms with van der Waals surface area (Å²) in [7, 11) is -3.65. The van der Waals surface area contributed by atoms with Crippen LogP contribution in [0.3, 0.4) is 0 Å². The van der Waals surface area contributed by atoms with Gasteiger partial charge in [0.25, 0.3) is 0 Å². The van der Waals surface area contributed by atoms with Crippen LogP contribution in [0.25, 0.3) is 0 Å². The highest BCUT2D eigenvalue weighted by atomic mass is 32.2. The summed E-state index contributed by atoms with van der Waals surface area (Å²) in [6.07, 6.45) is 1.48. The van der Waals surface area contributed by atoms with E-state index in [9.17, 15) is 8.42 Å². The first-order chi connectivity index (χ1) is 11.6. The Labute approximate surface area is 143 Å². The quantitative estimate of drug-likeness (QED) is 0.744. The van der Waals surface area contributed by atoms with Gasteiger partial charge in [0.05, 0.1) is 6.61 Å². The van der Waals surface area contributed by atoms with Gasteiger partial charge in [-0.15, -0.1) is 0 Å². The van der Waals surface area contributed by atoms with Crippen LogP contribution >= 0.6 is 0 Å². The summed E-state index contributed by atoms with van der Waals surface area (Å²) in [5.74, 6) is 1.25. The van der Waals surface area contributed by atoms with Crippen molar-refractivity contribution in [2.24, 2.45) is 0 Å². The molecule has 0 fully saturated rings. The van der Waals surface area contributed by atoms with Crippen molar-refractivity contribution in [1.82, 2.24) is 4.72 Å². The van der Waals surface area contributed by atoms with Gasteiger partial charge >= 0.3 is 0 Å². The van der Waals surface area contributed by atoms with Crippen LogP contribution in [-0.4, -0.2) is 21.6 Å². The van der Waals surface area contributed by atoms with Crippen molar-refractivity contribution in [2.45, 2.75) is 31.6 Å². The summed E-state index contributed by atoms with van der Waals surface area (Å²) in [6, 6.07) is 14.1. The van der Waals surface area contributed by atoms with Gasteiger partial charge in [0, 0.05) is 6.54 Å². The van der Waals surface area contributed by atoms with E-state index in [4.69, 9.17) is 9.47 Å². The van der Waals surface area contributed by atoms with Crippen LogP contribution in [0.1, 0.15) is 26.7 Å². The van der Waals surface area contributed by atoms with Crippen molar-refractivity contribution in [1.29, 1.82) is 0 Å². The second-order valence-electron chi connectivity index (χ2n) is 5.24. The van der Waals surface area contributed by atoms with Gasteiger partial charge in [0.1, 0.15) is 10.6 Å². The van der Waals surface area contributed by atoms with E-state index in [1.807, 2.05) is 32.0 Å². The molecule has 1 N–H and O–H groups in total. The van der Waals surface area contributed by atoms with Crippen molar-refractivity contribution >= 4 is 10.0 Å². The van der Waals surface area contributed by atoms with Gasteiger partial charge < -0.3 is 9.47 Å². The molecule has 0 heterocycles. The third kappa shape index (κ3) is 4.72. The molecule has 6 heteroatoms. The van der Waals surface area contributed by atoms with Gasteiger partial charge in [-0.25, -0.2) is 13.1 Å². The number of nitrogens with one attached hydrogen (secondary N) is 1. The molecule has 0 radical (unpaired) electrons. The van der Waals surface area contributed by atoms with Gasteiger partial charge in [-0.1, -0.05) is 38.1 Å². The van der Waals surface area contributed by atoms with Crippen molar-refractivity contribution in [3.63, 3.8) is 0 Å². The van der Waals surface area contributed by atoms with E-state index in [0.29, 0.717) is 31.1 Å². The Kier molecular flexibility index (Phi) is 6.63. The zero-order valence-electron chi connectivity index (χ0n) is 14.0. The number of hydrogen-bond acceptors (Lipinski definition) is 4. The summed E-state index contributed by atoms with van der Waals surface area (Å²) in [5, 5.41) is 0. The molecule has 0 atom stereocenters. The van der Waals surface area contributed by atoms with E-state index in [0.717, 1.165) is 6.42 Å². The maximum absolute atomic E-state index is 12.5. The van der Waals surface area contributed by atoms with Crippen LogP contribution in [-0.2, 0) is 10.0 Å². The van der Waals surface area contributed by atoms with E-state index < -0.39 is 10.0 Å². The second kappa shape index (κ2) is 8.70. The predicted molar refractivity (Wildman–Crippen MR) is 94.2 cm³/mol. The molecule has 2 aromatic rings. The summed E-state index contributed by atoms with van der Waals surface area (Å²) in [6.45, 7) is 4.65. The number of rotatable bonds is 9. The average Bonchev–Trinajstić information content (AvgIpc) is 2.59. The maximum Gasteiger partial charge on any atom is 0.244 e. The minimum atomic E-state index is -3.65. The van der Waals surface area contributed by atoms with E-state index in [1.165, 1.54) is 6.07 Å². The van der Waals surface area contributed by atoms with E-state index in [-0.39, 0.29) is 10.6 Å². The minimum Gasteiger partial charge on any atom is -0.488 e. The summed E-state index contributed by atoms with van der Waals surface area (Å²) >= 11 is 0. The topological polar surface area (TPSA) is 64.6 Å². The molecule has 0 saturated heterocycles. The van der Waals surface area contributed by atoms with Crippen LogP contribution in [0.5, 0.6) is 17.2 Å². The zero-order chi connectivity index (χ0) is 17.4. The molecule has 0 aliphatic carbocycles. The van der Waals surface area contributed by atoms with Gasteiger partial charge in [0.2, 0.25) is 10.0 Å². The first kappa shape index (κ1) is 18.3. The lowest BCUT2D eigenvalue weighted by Crippen LogP contribution is -2.25. The number of para-hydroxylation sites is 2. The Balaban J connectivity index is 2.41. The zero-order valence-corrected chi connectivity index (χ0v) is 14.8. The highest BCUT2D eigenvalue weighted by Crippen LogP contribution is 2.37. The highest BCUT2D eigenvalue weighted by molar-refractivity contribution is 7.89. The maximum atomic E-state index is 12.5. The van der Waals surface area contributed by atoms with Crippen molar-refractivity contribution < 1.29 is 17.9 Å². The predicted octanol–water partition coefficient (Wildman–Crippen LogP) is 3.96. The fourth-order valence-corrected chi connectivity index (χ4v) is 3.35. The Hall–Kier alpha value is -2.05. The standard InChI is InChI=1S/C18H23NO4S/c1-3-13-19-24(20,21)17-12-8-11-16(18(17)22-14-4-2)23-15-9-6-5-7-10-15/h5-12,19H,3-4,13-14H2,1-2H3. The van der Waals surface area contributed by atoms with Crippen molar-refractivity contribution in [3.05, 3.63) is 48.5 Å². The molecule has 2 rings (SSSR count). The number of hydrogen-bond donors (Lipinski definition) is 1. The van der Waals surface area contributed by atoms with Crippen LogP contribution < -0.4 is 14.2 Å². The van der Waals surface area contributed by atoms with E-state index in [2.05, 4.69) is 4.72 Å². The molecule has 24 heavy (non-hydrogen) atoms. The molecule has 0 bridgehead atoms. The second-order valence-corrected chi connectivity index (χ2v) is 6.98. The molecular weight excluding hydrogens is 326 g/mol. The van der Waals surface area contributed by atoms with Crippen LogP contribution in [0.15, 0.2) is 53.4 Å². The SMILES string of the molecule is CCCNS(=O)(=O)c1cccc(Oc2ccccc2)c1OCCC. The molecule has 0 unspecified atom stereocenters. The molecule has 5 nitrogen and oxygen atoms in total. The third-order valence-corrected chi connectivity index (χ3v) is 4.68. The number of ether oxygens (including phenoxy) is 2. The molecule has 0 aromatic heterocycles. The summed E-state index contributed by atoms with van der Waals surface area (Å²) in [4.78, 5) is 0.0952. The Bertz CT molecular complexity index is 745. The van der Waals surface area contributed by atoms with Gasteiger partial charge in [-0.3, -0.25) is 0 Å². The summed E-state index contributed by atoms with van der Waals surface area (Å²) < 4.78 is 39.2. The Morgan fingerprint density at radius 2 is 1.71 bits per heavy atom. The minimum absolute atomic E-state index is 0.0952. The number of benzene rings is 2. The lowest BCUT2D eigenvalue weighted by atomic mass is 10.3. The van der Waals surface area contributed by atoms with Gasteiger partial charge in [0.15, 0.2) is 11.5 Å². The lowest BCUT2D eigenvalue weighted by molar-refractivity contribution is 0.293. The molecule has 0 saturated carbocycles. The van der Waals surface area contributed by atoms with Crippen LogP contribution in [0.2, 0.25) is 0 Å². The monoisotopic (exact) mass is 349 g/mol. The molecule has 0 aliphatic heterocycles. The van der Waals surface area contributed by atoms with Crippen molar-refractivity contribution in [2.75, 3.05) is 13.2 Å². The third-order valence-electron chi connectivity index (χ3n) is 3.20. The normalized spacial score (nSPS) is 11.2. The highest BCUT2D eigenvalue weighted by Gasteiger charge is 2.22. The number of sulfonamides is 1. The Morgan fingerprint density at radius 1 is 0.958 bits per heavy atom. The molecule has 0 aliphatic rings. The smallest absolute Gasteiger partial charge is 0.244 e. The fraction of sp³-hybridized carbons (Fsp3) is 0.333. The average molecular weight is 349 g/mol. The van der Waals surface area contributed by atoms with Crippen molar-refractivity contribution in [3.8, 4) is 17.2 Å². The first-order valence-electron chi connectivity index (χ1n) is 8.07. The molecular formula is C18H23NO4S. The fourth-order valence-electron chi connectivity index (χ4n) is 2.06. The summed E-state index contributed by atoms with van der Waals surface area (Å²) in [5.41, 5.74) is 0.